The van der Waals surface area contributed by atoms with Crippen LogP contribution in [-0.2, 0) is 19.5 Å². The van der Waals surface area contributed by atoms with Gasteiger partial charge >= 0.3 is 0 Å². The number of benzene rings is 2. The number of hydrogen-bond donors (Lipinski definition) is 2. The Morgan fingerprint density at radius 1 is 1.16 bits per heavy atom. The van der Waals surface area contributed by atoms with Crippen LogP contribution in [0, 0.1) is 10.2 Å². The molecule has 37 heavy (non-hydrogen) atoms. The van der Waals surface area contributed by atoms with Gasteiger partial charge in [-0.15, -0.1) is 0 Å². The van der Waals surface area contributed by atoms with Crippen molar-refractivity contribution in [3.05, 3.63) is 92.4 Å². The second-order valence-corrected chi connectivity index (χ2v) is 11.4. The third kappa shape index (κ3) is 6.81. The Morgan fingerprint density at radius 3 is 2.51 bits per heavy atom. The summed E-state index contributed by atoms with van der Waals surface area (Å²) in [4.78, 5) is 7.92. The minimum absolute atomic E-state index is 0.105. The lowest BCUT2D eigenvalue weighted by Crippen LogP contribution is -2.45. The molecule has 11 heteroatoms. The van der Waals surface area contributed by atoms with Gasteiger partial charge in [-0.05, 0) is 59.8 Å². The van der Waals surface area contributed by atoms with Crippen molar-refractivity contribution in [2.45, 2.75) is 57.7 Å². The highest BCUT2D eigenvalue weighted by atomic mass is 35.5. The Kier molecular flexibility index (Phi) is 8.76. The van der Waals surface area contributed by atoms with Crippen molar-refractivity contribution in [2.24, 2.45) is 5.41 Å². The lowest BCUT2D eigenvalue weighted by atomic mass is 9.80. The topological polar surface area (TPSA) is 84.5 Å². The quantitative estimate of drug-likeness (QED) is 0.225. The number of aromatic amines is 1. The molecule has 1 aliphatic rings. The summed E-state index contributed by atoms with van der Waals surface area (Å²) >= 11 is 23.4. The molecule has 1 saturated carbocycles. The van der Waals surface area contributed by atoms with Crippen LogP contribution < -0.4 is 0 Å². The molecule has 0 spiro atoms. The molecule has 4 aromatic rings. The fraction of sp³-hybridized carbons (Fsp3) is 0.385. The van der Waals surface area contributed by atoms with Gasteiger partial charge in [-0.3, -0.25) is 14.5 Å². The molecule has 196 valence electrons. The van der Waals surface area contributed by atoms with Crippen molar-refractivity contribution >= 4 is 47.0 Å². The van der Waals surface area contributed by atoms with Crippen LogP contribution in [0.1, 0.15) is 43.7 Å². The largest absolute Gasteiger partial charge is 0.387 e. The van der Waals surface area contributed by atoms with Gasteiger partial charge in [0.1, 0.15) is 19.0 Å². The van der Waals surface area contributed by atoms with E-state index in [1.165, 1.54) is 6.33 Å². The molecule has 2 heterocycles. The van der Waals surface area contributed by atoms with E-state index in [1.54, 1.807) is 28.1 Å². The van der Waals surface area contributed by atoms with E-state index in [9.17, 15) is 5.11 Å². The van der Waals surface area contributed by atoms with Crippen LogP contribution in [0.15, 0.2) is 61.4 Å². The highest BCUT2D eigenvalue weighted by Crippen LogP contribution is 2.55. The fourth-order valence-electron chi connectivity index (χ4n) is 4.33. The molecule has 0 amide bonds. The molecule has 2 aromatic heterocycles. The molecule has 0 radical (unpaired) electrons. The Morgan fingerprint density at radius 2 is 1.92 bits per heavy atom. The minimum Gasteiger partial charge on any atom is -0.387 e. The molecule has 0 saturated heterocycles. The second kappa shape index (κ2) is 11.7. The molecule has 0 bridgehead atoms. The number of nitrogens with one attached hydrogen (secondary N) is 1. The molecule has 7 nitrogen and oxygen atoms in total. The van der Waals surface area contributed by atoms with E-state index in [-0.39, 0.29) is 11.3 Å². The molecule has 1 fully saturated rings. The van der Waals surface area contributed by atoms with Gasteiger partial charge < -0.3 is 5.11 Å². The summed E-state index contributed by atoms with van der Waals surface area (Å²) < 4.78 is 3.96. The molecular weight excluding hydrogens is 551 g/mol. The van der Waals surface area contributed by atoms with E-state index in [4.69, 9.17) is 47.0 Å². The maximum atomic E-state index is 11.3. The summed E-state index contributed by atoms with van der Waals surface area (Å²) in [5, 5.41) is 20.4. The zero-order valence-electron chi connectivity index (χ0n) is 20.6. The zero-order chi connectivity index (χ0) is 26.6. The Hall–Kier alpha value is -2.23. The first-order chi connectivity index (χ1) is 17.6. The van der Waals surface area contributed by atoms with Gasteiger partial charge in [-0.1, -0.05) is 72.9 Å². The fourth-order valence-corrected chi connectivity index (χ4v) is 5.30. The molecule has 2 atom stereocenters. The Balaban J connectivity index is 0.000000180. The maximum absolute atomic E-state index is 11.3. The third-order valence-corrected chi connectivity index (χ3v) is 8.28. The number of aliphatic hydroxyl groups is 1. The molecule has 1 aliphatic carbocycles. The first kappa shape index (κ1) is 27.8. The third-order valence-electron chi connectivity index (χ3n) is 7.02. The number of hydrogen-bond acceptors (Lipinski definition) is 5. The smallest absolute Gasteiger partial charge is 0.215 e. The van der Waals surface area contributed by atoms with Crippen LogP contribution >= 0.6 is 47.0 Å². The summed E-state index contributed by atoms with van der Waals surface area (Å²) in [6.07, 6.45) is 7.29. The number of halogens is 3. The van der Waals surface area contributed by atoms with E-state index < -0.39 is 5.60 Å². The number of H-pyrrole nitrogens is 1. The number of rotatable bonds is 8. The monoisotopic (exact) mass is 578 g/mol. The van der Waals surface area contributed by atoms with Gasteiger partial charge in [-0.2, -0.15) is 5.10 Å². The SMILES string of the molecule is CC(Cn1cncn1)c1ccc(Cl)cc1Cl.CC1(C(O)(Cc2ccccc2Cl)Cn2[nH]cnc2=S)CC1. The van der Waals surface area contributed by atoms with Crippen LogP contribution in [0.4, 0.5) is 0 Å². The second-order valence-electron chi connectivity index (χ2n) is 9.80. The summed E-state index contributed by atoms with van der Waals surface area (Å²) in [5.41, 5.74) is 1.02. The van der Waals surface area contributed by atoms with Crippen LogP contribution in [0.2, 0.25) is 15.1 Å². The molecule has 2 unspecified atom stereocenters. The normalized spacial score (nSPS) is 16.4. The van der Waals surface area contributed by atoms with Gasteiger partial charge in [0.25, 0.3) is 0 Å². The number of aromatic nitrogens is 6. The van der Waals surface area contributed by atoms with Crippen molar-refractivity contribution in [1.29, 1.82) is 0 Å². The van der Waals surface area contributed by atoms with Crippen molar-refractivity contribution in [3.63, 3.8) is 0 Å². The first-order valence-corrected chi connectivity index (χ1v) is 13.5. The van der Waals surface area contributed by atoms with Gasteiger partial charge in [0, 0.05) is 34.0 Å². The molecular formula is C26H29Cl3N6OS. The van der Waals surface area contributed by atoms with Crippen molar-refractivity contribution in [3.8, 4) is 0 Å². The maximum Gasteiger partial charge on any atom is 0.215 e. The Bertz CT molecular complexity index is 1380. The van der Waals surface area contributed by atoms with Crippen molar-refractivity contribution < 1.29 is 5.11 Å². The molecule has 2 N–H and O–H groups in total. The van der Waals surface area contributed by atoms with Crippen molar-refractivity contribution in [1.82, 2.24) is 29.5 Å². The van der Waals surface area contributed by atoms with E-state index in [0.29, 0.717) is 32.8 Å². The van der Waals surface area contributed by atoms with Crippen LogP contribution in [0.3, 0.4) is 0 Å². The predicted molar refractivity (Wildman–Crippen MR) is 150 cm³/mol. The van der Waals surface area contributed by atoms with E-state index >= 15 is 0 Å². The van der Waals surface area contributed by atoms with E-state index in [2.05, 4.69) is 34.0 Å². The lowest BCUT2D eigenvalue weighted by Gasteiger charge is -2.35. The summed E-state index contributed by atoms with van der Waals surface area (Å²) in [5.74, 6) is 0.270. The highest BCUT2D eigenvalue weighted by Gasteiger charge is 2.55. The molecule has 2 aromatic carbocycles. The van der Waals surface area contributed by atoms with Gasteiger partial charge in [-0.25, -0.2) is 9.97 Å². The van der Waals surface area contributed by atoms with Gasteiger partial charge in [0.05, 0.1) is 12.1 Å². The standard InChI is InChI=1S/C15H18ClN3OS.C11H11Cl2N3/c1-14(6-7-14)15(20,9-19-13(21)17-10-18-19)8-11-4-2-3-5-12(11)16;1-8(5-16-7-14-6-15-16)10-3-2-9(12)4-11(10)13/h2-5,10,20H,6-9H2,1H3,(H,17,18,21);2-4,6-8H,5H2,1H3. The molecule has 5 rings (SSSR count). The lowest BCUT2D eigenvalue weighted by molar-refractivity contribution is -0.0431. The van der Waals surface area contributed by atoms with Crippen LogP contribution in [0.25, 0.3) is 0 Å². The minimum atomic E-state index is -0.900. The molecule has 0 aliphatic heterocycles. The average molecular weight is 580 g/mol. The summed E-state index contributed by atoms with van der Waals surface area (Å²) in [7, 11) is 0. The van der Waals surface area contributed by atoms with Gasteiger partial charge in [0.2, 0.25) is 4.77 Å². The highest BCUT2D eigenvalue weighted by molar-refractivity contribution is 7.71. The van der Waals surface area contributed by atoms with Gasteiger partial charge in [0.15, 0.2) is 0 Å². The first-order valence-electron chi connectivity index (χ1n) is 11.9. The zero-order valence-corrected chi connectivity index (χ0v) is 23.7. The predicted octanol–water partition coefficient (Wildman–Crippen LogP) is 6.76. The average Bonchev–Trinajstić information content (AvgIpc) is 3.21. The Labute approximate surface area is 236 Å². The van der Waals surface area contributed by atoms with Crippen LogP contribution in [0.5, 0.6) is 0 Å². The summed E-state index contributed by atoms with van der Waals surface area (Å²) in [6.45, 7) is 5.36. The number of nitrogens with zero attached hydrogens (tertiary/aromatic N) is 5. The van der Waals surface area contributed by atoms with Crippen molar-refractivity contribution in [2.75, 3.05) is 0 Å². The summed E-state index contributed by atoms with van der Waals surface area (Å²) in [6, 6.07) is 13.2. The van der Waals surface area contributed by atoms with E-state index in [1.807, 2.05) is 36.4 Å². The van der Waals surface area contributed by atoms with Crippen LogP contribution in [-0.4, -0.2) is 40.2 Å². The van der Waals surface area contributed by atoms with E-state index in [0.717, 1.165) is 30.5 Å².